The Kier molecular flexibility index (Phi) is 4.81. The van der Waals surface area contributed by atoms with Crippen LogP contribution in [0.3, 0.4) is 0 Å². The second-order valence-corrected chi connectivity index (χ2v) is 4.87. The minimum Gasteiger partial charge on any atom is -0.481 e. The van der Waals surface area contributed by atoms with Crippen molar-refractivity contribution in [1.29, 1.82) is 0 Å². The van der Waals surface area contributed by atoms with Crippen molar-refractivity contribution in [3.63, 3.8) is 0 Å². The molecule has 1 aromatic heterocycles. The number of aromatic nitrogens is 1. The molecule has 1 aliphatic carbocycles. The molecule has 1 aliphatic rings. The molecule has 0 aromatic carbocycles. The molecular formula is C14H22N2O2. The van der Waals surface area contributed by atoms with Gasteiger partial charge in [-0.1, -0.05) is 18.9 Å². The molecule has 2 N–H and O–H groups in total. The van der Waals surface area contributed by atoms with Crippen LogP contribution in [0.1, 0.15) is 25.7 Å². The largest absolute Gasteiger partial charge is 0.481 e. The van der Waals surface area contributed by atoms with Crippen LogP contribution in [0.5, 0.6) is 11.8 Å². The molecule has 0 amide bonds. The second kappa shape index (κ2) is 6.59. The fourth-order valence-corrected chi connectivity index (χ4v) is 2.60. The summed E-state index contributed by atoms with van der Waals surface area (Å²) in [5.41, 5.74) is 5.82. The van der Waals surface area contributed by atoms with Crippen molar-refractivity contribution in [2.75, 3.05) is 20.3 Å². The van der Waals surface area contributed by atoms with E-state index in [2.05, 4.69) is 4.98 Å². The van der Waals surface area contributed by atoms with Crippen molar-refractivity contribution in [2.45, 2.75) is 25.7 Å². The van der Waals surface area contributed by atoms with Crippen LogP contribution < -0.4 is 15.2 Å². The predicted molar refractivity (Wildman–Crippen MR) is 70.8 cm³/mol. The number of rotatable bonds is 5. The molecule has 0 saturated heterocycles. The normalized spacial score (nSPS) is 23.7. The number of ether oxygens (including phenoxy) is 2. The van der Waals surface area contributed by atoms with Crippen molar-refractivity contribution >= 4 is 0 Å². The molecule has 1 aromatic rings. The molecule has 100 valence electrons. The van der Waals surface area contributed by atoms with Crippen molar-refractivity contribution < 1.29 is 9.47 Å². The monoisotopic (exact) mass is 250 g/mol. The van der Waals surface area contributed by atoms with E-state index in [4.69, 9.17) is 15.2 Å². The minimum atomic E-state index is 0.566. The second-order valence-electron chi connectivity index (χ2n) is 4.87. The number of hydrogen-bond donors (Lipinski definition) is 1. The van der Waals surface area contributed by atoms with Gasteiger partial charge in [0.2, 0.25) is 11.8 Å². The topological polar surface area (TPSA) is 57.4 Å². The van der Waals surface area contributed by atoms with E-state index in [0.717, 1.165) is 6.54 Å². The molecule has 0 radical (unpaired) electrons. The third-order valence-corrected chi connectivity index (χ3v) is 3.72. The van der Waals surface area contributed by atoms with Crippen molar-refractivity contribution in [3.05, 3.63) is 18.2 Å². The Balaban J connectivity index is 1.89. The average molecular weight is 250 g/mol. The standard InChI is InChI=1S/C14H22N2O2/c1-17-13-7-4-8-14(16-13)18-10-12-6-3-2-5-11(12)9-15/h4,7-8,11-12H,2-3,5-6,9-10,15H2,1H3. The van der Waals surface area contributed by atoms with Crippen molar-refractivity contribution in [3.8, 4) is 11.8 Å². The summed E-state index contributed by atoms with van der Waals surface area (Å²) < 4.78 is 10.9. The highest BCUT2D eigenvalue weighted by atomic mass is 16.5. The Morgan fingerprint density at radius 3 is 2.67 bits per heavy atom. The van der Waals surface area contributed by atoms with E-state index in [1.807, 2.05) is 18.2 Å². The summed E-state index contributed by atoms with van der Waals surface area (Å²) in [6, 6.07) is 5.57. The molecule has 2 rings (SSSR count). The molecule has 0 aliphatic heterocycles. The lowest BCUT2D eigenvalue weighted by atomic mass is 9.80. The number of methoxy groups -OCH3 is 1. The SMILES string of the molecule is COc1cccc(OCC2CCCCC2CN)n1. The lowest BCUT2D eigenvalue weighted by molar-refractivity contribution is 0.149. The van der Waals surface area contributed by atoms with Crippen LogP contribution in [0.15, 0.2) is 18.2 Å². The van der Waals surface area contributed by atoms with E-state index in [0.29, 0.717) is 30.2 Å². The van der Waals surface area contributed by atoms with Gasteiger partial charge in [0.05, 0.1) is 13.7 Å². The summed E-state index contributed by atoms with van der Waals surface area (Å²) >= 11 is 0. The van der Waals surface area contributed by atoms with Gasteiger partial charge >= 0.3 is 0 Å². The minimum absolute atomic E-state index is 0.566. The summed E-state index contributed by atoms with van der Waals surface area (Å²) in [5.74, 6) is 2.39. The molecule has 0 spiro atoms. The van der Waals surface area contributed by atoms with E-state index < -0.39 is 0 Å². The van der Waals surface area contributed by atoms with Crippen molar-refractivity contribution in [2.24, 2.45) is 17.6 Å². The summed E-state index contributed by atoms with van der Waals surface area (Å²) in [6.07, 6.45) is 5.04. The maximum atomic E-state index is 5.82. The van der Waals surface area contributed by atoms with Gasteiger partial charge in [-0.25, -0.2) is 0 Å². The summed E-state index contributed by atoms with van der Waals surface area (Å²) in [5, 5.41) is 0. The predicted octanol–water partition coefficient (Wildman–Crippen LogP) is 2.23. The van der Waals surface area contributed by atoms with E-state index in [-0.39, 0.29) is 0 Å². The number of nitrogens with two attached hydrogens (primary N) is 1. The molecule has 2 atom stereocenters. The molecule has 1 fully saturated rings. The summed E-state index contributed by atoms with van der Waals surface area (Å²) in [4.78, 5) is 4.25. The van der Waals surface area contributed by atoms with Gasteiger partial charge in [0.1, 0.15) is 0 Å². The Labute approximate surface area is 108 Å². The third-order valence-electron chi connectivity index (χ3n) is 3.72. The highest BCUT2D eigenvalue weighted by molar-refractivity contribution is 5.19. The number of nitrogens with zero attached hydrogens (tertiary/aromatic N) is 1. The molecule has 4 heteroatoms. The highest BCUT2D eigenvalue weighted by Crippen LogP contribution is 2.29. The fraction of sp³-hybridized carbons (Fsp3) is 0.643. The lowest BCUT2D eigenvalue weighted by Gasteiger charge is -2.30. The Hall–Kier alpha value is -1.29. The first-order valence-corrected chi connectivity index (χ1v) is 6.67. The van der Waals surface area contributed by atoms with Gasteiger partial charge in [-0.15, -0.1) is 0 Å². The molecule has 0 bridgehead atoms. The maximum absolute atomic E-state index is 5.82. The first-order chi connectivity index (χ1) is 8.83. The molecule has 2 unspecified atom stereocenters. The zero-order chi connectivity index (χ0) is 12.8. The Morgan fingerprint density at radius 1 is 1.22 bits per heavy atom. The molecular weight excluding hydrogens is 228 g/mol. The van der Waals surface area contributed by atoms with Crippen LogP contribution in [0.4, 0.5) is 0 Å². The summed E-state index contributed by atoms with van der Waals surface area (Å²) in [7, 11) is 1.61. The van der Waals surface area contributed by atoms with Gasteiger partial charge in [-0.2, -0.15) is 4.98 Å². The first kappa shape index (κ1) is 13.1. The van der Waals surface area contributed by atoms with Crippen LogP contribution in [0.2, 0.25) is 0 Å². The number of hydrogen-bond acceptors (Lipinski definition) is 4. The quantitative estimate of drug-likeness (QED) is 0.870. The van der Waals surface area contributed by atoms with Crippen molar-refractivity contribution in [1.82, 2.24) is 4.98 Å². The van der Waals surface area contributed by atoms with Gasteiger partial charge in [0, 0.05) is 12.1 Å². The average Bonchev–Trinajstić information content (AvgIpc) is 2.45. The number of pyridine rings is 1. The molecule has 1 saturated carbocycles. The van der Waals surface area contributed by atoms with Gasteiger partial charge in [0.25, 0.3) is 0 Å². The van der Waals surface area contributed by atoms with Crippen LogP contribution in [-0.2, 0) is 0 Å². The van der Waals surface area contributed by atoms with Crippen LogP contribution in [0.25, 0.3) is 0 Å². The van der Waals surface area contributed by atoms with E-state index in [1.165, 1.54) is 25.7 Å². The summed E-state index contributed by atoms with van der Waals surface area (Å²) in [6.45, 7) is 1.47. The van der Waals surface area contributed by atoms with Crippen LogP contribution >= 0.6 is 0 Å². The zero-order valence-corrected chi connectivity index (χ0v) is 11.0. The smallest absolute Gasteiger partial charge is 0.216 e. The van der Waals surface area contributed by atoms with E-state index in [1.54, 1.807) is 7.11 Å². The lowest BCUT2D eigenvalue weighted by Crippen LogP contribution is -2.30. The highest BCUT2D eigenvalue weighted by Gasteiger charge is 2.24. The van der Waals surface area contributed by atoms with Gasteiger partial charge < -0.3 is 15.2 Å². The maximum Gasteiger partial charge on any atom is 0.216 e. The third kappa shape index (κ3) is 3.35. The van der Waals surface area contributed by atoms with E-state index >= 15 is 0 Å². The van der Waals surface area contributed by atoms with Gasteiger partial charge in [0.15, 0.2) is 0 Å². The van der Waals surface area contributed by atoms with Crippen LogP contribution in [0, 0.1) is 11.8 Å². The molecule has 1 heterocycles. The molecule has 18 heavy (non-hydrogen) atoms. The first-order valence-electron chi connectivity index (χ1n) is 6.67. The zero-order valence-electron chi connectivity index (χ0n) is 11.0. The van der Waals surface area contributed by atoms with Gasteiger partial charge in [-0.05, 0) is 31.2 Å². The van der Waals surface area contributed by atoms with Crippen LogP contribution in [-0.4, -0.2) is 25.2 Å². The van der Waals surface area contributed by atoms with E-state index in [9.17, 15) is 0 Å². The fourth-order valence-electron chi connectivity index (χ4n) is 2.60. The molecule has 4 nitrogen and oxygen atoms in total. The van der Waals surface area contributed by atoms with Gasteiger partial charge in [-0.3, -0.25) is 0 Å². The Morgan fingerprint density at radius 2 is 1.94 bits per heavy atom. The Bertz CT molecular complexity index is 371.